The second kappa shape index (κ2) is 9.93. The molecule has 1 atom stereocenters. The van der Waals surface area contributed by atoms with Gasteiger partial charge in [-0.15, -0.1) is 0 Å². The summed E-state index contributed by atoms with van der Waals surface area (Å²) in [5.41, 5.74) is -0.146. The summed E-state index contributed by atoms with van der Waals surface area (Å²) in [7, 11) is -1.41. The first-order chi connectivity index (χ1) is 15.9. The quantitative estimate of drug-likeness (QED) is 0.394. The number of nitrogens with zero attached hydrogens (tertiary/aromatic N) is 1. The molecule has 186 valence electrons. The average Bonchev–Trinajstić information content (AvgIpc) is 3.19. The van der Waals surface area contributed by atoms with Crippen LogP contribution < -0.4 is 4.74 Å². The molecule has 0 aliphatic rings. The zero-order valence-corrected chi connectivity index (χ0v) is 20.3. The predicted molar refractivity (Wildman–Crippen MR) is 122 cm³/mol. The molecule has 0 amide bonds. The van der Waals surface area contributed by atoms with Crippen molar-refractivity contribution in [2.45, 2.75) is 38.5 Å². The Morgan fingerprint density at radius 3 is 2.26 bits per heavy atom. The van der Waals surface area contributed by atoms with Gasteiger partial charge in [-0.2, -0.15) is 21.6 Å². The Balaban J connectivity index is 2.27. The first-order valence-corrected chi connectivity index (χ1v) is 12.3. The average molecular weight is 501 g/mol. The summed E-state index contributed by atoms with van der Waals surface area (Å²) in [5.74, 6) is 0.599. The summed E-state index contributed by atoms with van der Waals surface area (Å²) in [5, 5.41) is 0. The molecule has 1 heterocycles. The third-order valence-electron chi connectivity index (χ3n) is 5.34. The monoisotopic (exact) mass is 500 g/mol. The third kappa shape index (κ3) is 5.70. The van der Waals surface area contributed by atoms with Crippen LogP contribution in [0.15, 0.2) is 30.3 Å². The van der Waals surface area contributed by atoms with Gasteiger partial charge in [-0.1, -0.05) is 38.1 Å². The van der Waals surface area contributed by atoms with Gasteiger partial charge in [-0.25, -0.2) is 4.98 Å². The van der Waals surface area contributed by atoms with Gasteiger partial charge in [0.15, 0.2) is 0 Å². The number of aromatic amines is 1. The minimum atomic E-state index is -4.85. The van der Waals surface area contributed by atoms with Crippen LogP contribution in [0, 0.1) is 0 Å². The van der Waals surface area contributed by atoms with E-state index in [9.17, 15) is 21.6 Å². The minimum Gasteiger partial charge on any atom is -0.494 e. The molecule has 1 N–H and O–H groups in total. The molecule has 0 saturated carbocycles. The van der Waals surface area contributed by atoms with Crippen LogP contribution in [0.3, 0.4) is 0 Å². The van der Waals surface area contributed by atoms with Crippen molar-refractivity contribution in [3.8, 4) is 17.1 Å². The van der Waals surface area contributed by atoms with E-state index in [1.165, 1.54) is 14.2 Å². The number of rotatable bonds is 9. The molecule has 3 aromatic rings. The lowest BCUT2D eigenvalue weighted by molar-refractivity contribution is -0.137. The molecule has 1 aromatic heterocycles. The lowest BCUT2D eigenvalue weighted by atomic mass is 9.97. The topological polar surface area (TPSA) is 90.5 Å². The normalized spacial score (nSPS) is 13.6. The second-order valence-electron chi connectivity index (χ2n) is 8.20. The molecular formula is C23H27F3N2O5S. The molecule has 0 radical (unpaired) electrons. The lowest BCUT2D eigenvalue weighted by Gasteiger charge is -2.22. The molecule has 7 nitrogen and oxygen atoms in total. The molecule has 0 spiro atoms. The van der Waals surface area contributed by atoms with Crippen LogP contribution in [0.25, 0.3) is 22.4 Å². The highest BCUT2D eigenvalue weighted by molar-refractivity contribution is 7.86. The van der Waals surface area contributed by atoms with Crippen molar-refractivity contribution in [3.63, 3.8) is 0 Å². The van der Waals surface area contributed by atoms with Crippen LogP contribution in [-0.4, -0.2) is 45.5 Å². The van der Waals surface area contributed by atoms with Crippen molar-refractivity contribution >= 4 is 21.2 Å². The Hall–Kier alpha value is -2.63. The van der Waals surface area contributed by atoms with E-state index in [1.54, 1.807) is 12.1 Å². The molecule has 0 saturated heterocycles. The van der Waals surface area contributed by atoms with Crippen molar-refractivity contribution in [1.82, 2.24) is 9.97 Å². The molecule has 0 bridgehead atoms. The number of nitrogens with one attached hydrogen (secondary N) is 1. The van der Waals surface area contributed by atoms with Gasteiger partial charge in [-0.05, 0) is 17.5 Å². The fraction of sp³-hybridized carbons (Fsp3) is 0.435. The summed E-state index contributed by atoms with van der Waals surface area (Å²) >= 11 is 0. The number of alkyl halides is 3. The van der Waals surface area contributed by atoms with Gasteiger partial charge < -0.3 is 14.5 Å². The number of methoxy groups -OCH3 is 2. The van der Waals surface area contributed by atoms with Crippen LogP contribution in [0.1, 0.15) is 49.0 Å². The van der Waals surface area contributed by atoms with Gasteiger partial charge in [0.1, 0.15) is 28.7 Å². The van der Waals surface area contributed by atoms with E-state index < -0.39 is 33.5 Å². The van der Waals surface area contributed by atoms with E-state index in [0.29, 0.717) is 11.5 Å². The number of ether oxygens (including phenoxy) is 2. The van der Waals surface area contributed by atoms with Gasteiger partial charge in [-0.3, -0.25) is 4.18 Å². The van der Waals surface area contributed by atoms with Gasteiger partial charge >= 0.3 is 6.18 Å². The highest BCUT2D eigenvalue weighted by atomic mass is 32.2. The van der Waals surface area contributed by atoms with E-state index in [4.69, 9.17) is 13.7 Å². The summed E-state index contributed by atoms with van der Waals surface area (Å²) < 4.78 is 82.0. The third-order valence-corrected chi connectivity index (χ3v) is 5.92. The minimum absolute atomic E-state index is 0.0220. The first-order valence-electron chi connectivity index (χ1n) is 10.5. The fourth-order valence-corrected chi connectivity index (χ4v) is 4.34. The Labute approximate surface area is 196 Å². The van der Waals surface area contributed by atoms with Crippen molar-refractivity contribution < 1.29 is 35.2 Å². The molecule has 3 rings (SSSR count). The van der Waals surface area contributed by atoms with Crippen LogP contribution in [0.2, 0.25) is 0 Å². The van der Waals surface area contributed by atoms with Crippen molar-refractivity contribution in [2.24, 2.45) is 0 Å². The highest BCUT2D eigenvalue weighted by Gasteiger charge is 2.40. The van der Waals surface area contributed by atoms with E-state index in [0.717, 1.165) is 17.9 Å². The van der Waals surface area contributed by atoms with Crippen molar-refractivity contribution in [1.29, 1.82) is 0 Å². The standard InChI is InChI=1S/C23H27F3N2O5S/c1-13(2)14-6-8-15(9-7-14)22-27-20-18(32-4)12-16(19(21(20)28-22)23(24,25)26)17(10-11-31-3)33-34(5,29)30/h6-9,12-13,17H,10-11H2,1-5H3,(H,27,28). The van der Waals surface area contributed by atoms with Gasteiger partial charge in [0, 0.05) is 31.3 Å². The van der Waals surface area contributed by atoms with E-state index in [2.05, 4.69) is 9.97 Å². The van der Waals surface area contributed by atoms with Crippen LogP contribution in [0.4, 0.5) is 13.2 Å². The molecule has 11 heteroatoms. The van der Waals surface area contributed by atoms with E-state index in [-0.39, 0.29) is 35.6 Å². The number of hydrogen-bond acceptors (Lipinski definition) is 6. The number of imidazole rings is 1. The summed E-state index contributed by atoms with van der Waals surface area (Å²) in [6.07, 6.45) is -5.64. The molecule has 0 fully saturated rings. The number of hydrogen-bond donors (Lipinski definition) is 1. The van der Waals surface area contributed by atoms with Gasteiger partial charge in [0.05, 0.1) is 18.9 Å². The molecule has 0 aliphatic heterocycles. The van der Waals surface area contributed by atoms with Crippen LogP contribution >= 0.6 is 0 Å². The number of halogens is 3. The predicted octanol–water partition coefficient (Wildman–Crippen LogP) is 5.43. The highest BCUT2D eigenvalue weighted by Crippen LogP contribution is 2.44. The summed E-state index contributed by atoms with van der Waals surface area (Å²) in [6.45, 7) is 4.05. The molecule has 2 aromatic carbocycles. The van der Waals surface area contributed by atoms with Gasteiger partial charge in [0.25, 0.3) is 10.1 Å². The van der Waals surface area contributed by atoms with Crippen molar-refractivity contribution in [3.05, 3.63) is 47.0 Å². The van der Waals surface area contributed by atoms with E-state index >= 15 is 0 Å². The number of H-pyrrole nitrogens is 1. The van der Waals surface area contributed by atoms with Crippen LogP contribution in [0.5, 0.6) is 5.75 Å². The maximum Gasteiger partial charge on any atom is 0.418 e. The molecular weight excluding hydrogens is 473 g/mol. The van der Waals surface area contributed by atoms with Crippen molar-refractivity contribution in [2.75, 3.05) is 27.1 Å². The Kier molecular flexibility index (Phi) is 7.59. The Morgan fingerprint density at radius 2 is 1.76 bits per heavy atom. The van der Waals surface area contributed by atoms with Crippen LogP contribution in [-0.2, 0) is 25.2 Å². The lowest BCUT2D eigenvalue weighted by Crippen LogP contribution is -2.18. The second-order valence-corrected chi connectivity index (χ2v) is 9.80. The Bertz CT molecular complexity index is 1250. The smallest absolute Gasteiger partial charge is 0.418 e. The molecule has 0 aliphatic carbocycles. The summed E-state index contributed by atoms with van der Waals surface area (Å²) in [4.78, 5) is 7.19. The summed E-state index contributed by atoms with van der Waals surface area (Å²) in [6, 6.07) is 8.48. The fourth-order valence-electron chi connectivity index (χ4n) is 3.72. The van der Waals surface area contributed by atoms with E-state index in [1.807, 2.05) is 26.0 Å². The Morgan fingerprint density at radius 1 is 1.12 bits per heavy atom. The first kappa shape index (κ1) is 26.0. The largest absolute Gasteiger partial charge is 0.494 e. The molecule has 34 heavy (non-hydrogen) atoms. The maximum atomic E-state index is 14.4. The number of fused-ring (bicyclic) bond motifs is 1. The maximum absolute atomic E-state index is 14.4. The zero-order valence-electron chi connectivity index (χ0n) is 19.5. The zero-order chi connectivity index (χ0) is 25.3. The number of aromatic nitrogens is 2. The number of benzene rings is 2. The molecule has 1 unspecified atom stereocenters. The van der Waals surface area contributed by atoms with Gasteiger partial charge in [0.2, 0.25) is 0 Å². The SMILES string of the molecule is COCCC(OS(C)(=O)=O)c1cc(OC)c2[nH]c(-c3ccc(C(C)C)cc3)nc2c1C(F)(F)F.